The van der Waals surface area contributed by atoms with E-state index in [1.807, 2.05) is 0 Å². The second kappa shape index (κ2) is 5.73. The highest BCUT2D eigenvalue weighted by Gasteiger charge is 2.33. The Morgan fingerprint density at radius 1 is 1.15 bits per heavy atom. The zero-order valence-corrected chi connectivity index (χ0v) is 11.9. The maximum absolute atomic E-state index is 12.8. The quantitative estimate of drug-likeness (QED) is 0.894. The summed E-state index contributed by atoms with van der Waals surface area (Å²) >= 11 is 0. The molecule has 1 unspecified atom stereocenters. The Balaban J connectivity index is 2.86. The van der Waals surface area contributed by atoms with Crippen LogP contribution in [-0.4, -0.2) is 17.5 Å². The van der Waals surface area contributed by atoms with E-state index in [1.54, 1.807) is 20.8 Å². The summed E-state index contributed by atoms with van der Waals surface area (Å²) in [5.74, 6) is -0.352. The first-order valence-electron chi connectivity index (χ1n) is 6.25. The Bertz CT molecular complexity index is 478. The topological polar surface area (TPSA) is 41.1 Å². The van der Waals surface area contributed by atoms with E-state index in [9.17, 15) is 18.0 Å². The van der Waals surface area contributed by atoms with Gasteiger partial charge in [0, 0.05) is 11.2 Å². The van der Waals surface area contributed by atoms with Crippen LogP contribution in [0.1, 0.15) is 33.3 Å². The van der Waals surface area contributed by atoms with E-state index in [0.717, 1.165) is 6.07 Å². The van der Waals surface area contributed by atoms with Gasteiger partial charge in [0.15, 0.2) is 0 Å². The van der Waals surface area contributed by atoms with Crippen molar-refractivity contribution in [2.45, 2.75) is 45.5 Å². The lowest BCUT2D eigenvalue weighted by atomic mass is 10.1. The second-order valence-corrected chi connectivity index (χ2v) is 5.65. The van der Waals surface area contributed by atoms with Crippen LogP contribution in [0.4, 0.5) is 18.9 Å². The number of para-hydroxylation sites is 1. The van der Waals surface area contributed by atoms with Gasteiger partial charge in [-0.1, -0.05) is 12.1 Å². The molecule has 1 aromatic carbocycles. The number of alkyl halides is 3. The van der Waals surface area contributed by atoms with Crippen LogP contribution < -0.4 is 10.6 Å². The Morgan fingerprint density at radius 3 is 2.20 bits per heavy atom. The van der Waals surface area contributed by atoms with Crippen LogP contribution in [0.25, 0.3) is 0 Å². The molecular formula is C14H19F3N2O. The van der Waals surface area contributed by atoms with E-state index < -0.39 is 23.3 Å². The molecule has 3 nitrogen and oxygen atoms in total. The van der Waals surface area contributed by atoms with Gasteiger partial charge in [0.2, 0.25) is 5.91 Å². The Morgan fingerprint density at radius 2 is 1.70 bits per heavy atom. The van der Waals surface area contributed by atoms with Crippen LogP contribution in [-0.2, 0) is 11.0 Å². The number of nitrogens with one attached hydrogen (secondary N) is 2. The summed E-state index contributed by atoms with van der Waals surface area (Å²) in [4.78, 5) is 11.9. The Hall–Kier alpha value is -1.72. The van der Waals surface area contributed by atoms with Crippen molar-refractivity contribution in [3.05, 3.63) is 29.8 Å². The molecule has 112 valence electrons. The number of hydrogen-bond donors (Lipinski definition) is 2. The summed E-state index contributed by atoms with van der Waals surface area (Å²) in [7, 11) is 0. The van der Waals surface area contributed by atoms with Crippen LogP contribution in [0.3, 0.4) is 0 Å². The minimum atomic E-state index is -4.45. The third kappa shape index (κ3) is 4.75. The molecule has 6 heteroatoms. The lowest BCUT2D eigenvalue weighted by Crippen LogP contribution is -2.47. The Labute approximate surface area is 116 Å². The molecule has 0 spiro atoms. The summed E-state index contributed by atoms with van der Waals surface area (Å²) in [6, 6.07) is 4.33. The van der Waals surface area contributed by atoms with Crippen molar-refractivity contribution in [1.29, 1.82) is 0 Å². The molecule has 0 saturated heterocycles. The zero-order valence-electron chi connectivity index (χ0n) is 11.9. The summed E-state index contributed by atoms with van der Waals surface area (Å²) < 4.78 is 38.5. The van der Waals surface area contributed by atoms with Crippen molar-refractivity contribution in [2.75, 3.05) is 5.32 Å². The highest BCUT2D eigenvalue weighted by Crippen LogP contribution is 2.34. The van der Waals surface area contributed by atoms with Gasteiger partial charge in [0.1, 0.15) is 6.04 Å². The van der Waals surface area contributed by atoms with Gasteiger partial charge in [-0.25, -0.2) is 0 Å². The number of amides is 1. The average Bonchev–Trinajstić information content (AvgIpc) is 2.25. The van der Waals surface area contributed by atoms with Gasteiger partial charge in [-0.2, -0.15) is 13.2 Å². The number of benzene rings is 1. The molecule has 2 N–H and O–H groups in total. The van der Waals surface area contributed by atoms with Crippen molar-refractivity contribution in [1.82, 2.24) is 5.32 Å². The standard InChI is InChI=1S/C14H19F3N2O/c1-9(12(20)19-13(2,3)4)18-11-8-6-5-7-10(11)14(15,16)17/h5-9,18H,1-4H3,(H,19,20). The van der Waals surface area contributed by atoms with Gasteiger partial charge in [-0.15, -0.1) is 0 Å². The maximum Gasteiger partial charge on any atom is 0.418 e. The normalized spacial score (nSPS) is 13.8. The number of rotatable bonds is 3. The number of carbonyl (C=O) groups excluding carboxylic acids is 1. The number of hydrogen-bond acceptors (Lipinski definition) is 2. The average molecular weight is 288 g/mol. The van der Waals surface area contributed by atoms with Gasteiger partial charge in [0.25, 0.3) is 0 Å². The summed E-state index contributed by atoms with van der Waals surface area (Å²) in [6.07, 6.45) is -4.45. The van der Waals surface area contributed by atoms with Crippen LogP contribution >= 0.6 is 0 Å². The molecule has 0 fully saturated rings. The summed E-state index contributed by atoms with van der Waals surface area (Å²) in [5.41, 5.74) is -1.32. The van der Waals surface area contributed by atoms with Crippen molar-refractivity contribution in [2.24, 2.45) is 0 Å². The van der Waals surface area contributed by atoms with Gasteiger partial charge >= 0.3 is 6.18 Å². The first-order chi connectivity index (χ1) is 9.00. The fourth-order valence-electron chi connectivity index (χ4n) is 1.63. The highest BCUT2D eigenvalue weighted by molar-refractivity contribution is 5.85. The SMILES string of the molecule is CC(Nc1ccccc1C(F)(F)F)C(=O)NC(C)(C)C. The fourth-order valence-corrected chi connectivity index (χ4v) is 1.63. The van der Waals surface area contributed by atoms with E-state index in [1.165, 1.54) is 25.1 Å². The first-order valence-corrected chi connectivity index (χ1v) is 6.25. The fraction of sp³-hybridized carbons (Fsp3) is 0.500. The van der Waals surface area contributed by atoms with Gasteiger partial charge in [-0.3, -0.25) is 4.79 Å². The number of carbonyl (C=O) groups is 1. The van der Waals surface area contributed by atoms with Crippen LogP contribution in [0.2, 0.25) is 0 Å². The molecule has 1 rings (SSSR count). The van der Waals surface area contributed by atoms with Crippen molar-refractivity contribution >= 4 is 11.6 Å². The van der Waals surface area contributed by atoms with Crippen molar-refractivity contribution in [3.63, 3.8) is 0 Å². The molecule has 0 aromatic heterocycles. The van der Waals surface area contributed by atoms with E-state index in [-0.39, 0.29) is 11.6 Å². The zero-order chi connectivity index (χ0) is 15.6. The summed E-state index contributed by atoms with van der Waals surface area (Å²) in [5, 5.41) is 5.32. The molecule has 1 amide bonds. The van der Waals surface area contributed by atoms with Crippen LogP contribution in [0.15, 0.2) is 24.3 Å². The highest BCUT2D eigenvalue weighted by atomic mass is 19.4. The van der Waals surface area contributed by atoms with Crippen molar-refractivity contribution < 1.29 is 18.0 Å². The molecule has 1 aromatic rings. The molecule has 0 heterocycles. The molecule has 0 saturated carbocycles. The Kier molecular flexibility index (Phi) is 4.68. The predicted molar refractivity (Wildman–Crippen MR) is 72.4 cm³/mol. The molecule has 20 heavy (non-hydrogen) atoms. The second-order valence-electron chi connectivity index (χ2n) is 5.65. The molecule has 0 bridgehead atoms. The third-order valence-electron chi connectivity index (χ3n) is 2.50. The van der Waals surface area contributed by atoms with Crippen LogP contribution in [0, 0.1) is 0 Å². The van der Waals surface area contributed by atoms with E-state index in [2.05, 4.69) is 10.6 Å². The minimum absolute atomic E-state index is 0.100. The largest absolute Gasteiger partial charge is 0.418 e. The minimum Gasteiger partial charge on any atom is -0.373 e. The summed E-state index contributed by atoms with van der Waals surface area (Å²) in [6.45, 7) is 6.94. The lowest BCUT2D eigenvalue weighted by molar-refractivity contribution is -0.137. The molecule has 0 radical (unpaired) electrons. The van der Waals surface area contributed by atoms with Crippen LogP contribution in [0.5, 0.6) is 0 Å². The lowest BCUT2D eigenvalue weighted by Gasteiger charge is -2.25. The van der Waals surface area contributed by atoms with E-state index in [4.69, 9.17) is 0 Å². The number of anilines is 1. The van der Waals surface area contributed by atoms with E-state index >= 15 is 0 Å². The molecule has 0 aliphatic rings. The molecule has 0 aliphatic heterocycles. The predicted octanol–water partition coefficient (Wildman–Crippen LogP) is 3.42. The smallest absolute Gasteiger partial charge is 0.373 e. The molecule has 0 aliphatic carbocycles. The van der Waals surface area contributed by atoms with E-state index in [0.29, 0.717) is 0 Å². The van der Waals surface area contributed by atoms with Gasteiger partial charge in [0.05, 0.1) is 5.56 Å². The van der Waals surface area contributed by atoms with Crippen molar-refractivity contribution in [3.8, 4) is 0 Å². The molecule has 1 atom stereocenters. The maximum atomic E-state index is 12.8. The first kappa shape index (κ1) is 16.3. The third-order valence-corrected chi connectivity index (χ3v) is 2.50. The monoisotopic (exact) mass is 288 g/mol. The van der Waals surface area contributed by atoms with Gasteiger partial charge < -0.3 is 10.6 Å². The van der Waals surface area contributed by atoms with Gasteiger partial charge in [-0.05, 0) is 39.8 Å². The number of halogens is 3. The molecular weight excluding hydrogens is 269 g/mol.